The summed E-state index contributed by atoms with van der Waals surface area (Å²) in [5, 5.41) is 10.6. The van der Waals surface area contributed by atoms with Crippen LogP contribution in [0.4, 0.5) is 0 Å². The van der Waals surface area contributed by atoms with Crippen molar-refractivity contribution in [2.24, 2.45) is 0 Å². The molecular weight excluding hydrogens is 180 g/mol. The van der Waals surface area contributed by atoms with Gasteiger partial charge in [0.25, 0.3) is 0 Å². The number of rotatable bonds is 1. The maximum absolute atomic E-state index is 4.94. The Morgan fingerprint density at radius 2 is 2.43 bits per heavy atom. The molecule has 0 unspecified atom stereocenters. The third-order valence-electron chi connectivity index (χ3n) is 2.48. The van der Waals surface area contributed by atoms with Crippen LogP contribution in [0.2, 0.25) is 0 Å². The molecule has 0 saturated carbocycles. The Morgan fingerprint density at radius 1 is 1.43 bits per heavy atom. The second-order valence-corrected chi connectivity index (χ2v) is 3.33. The Bertz CT molecular complexity index is 432. The van der Waals surface area contributed by atoms with Crippen molar-refractivity contribution in [2.75, 3.05) is 6.54 Å². The van der Waals surface area contributed by atoms with Gasteiger partial charge in [0, 0.05) is 30.8 Å². The predicted molar refractivity (Wildman–Crippen MR) is 49.5 cm³/mol. The molecule has 5 heteroatoms. The average Bonchev–Trinajstić information content (AvgIpc) is 2.85. The first-order chi connectivity index (χ1) is 6.95. The molecule has 0 bridgehead atoms. The summed E-state index contributed by atoms with van der Waals surface area (Å²) in [6.07, 6.45) is 4.04. The van der Waals surface area contributed by atoms with Crippen LogP contribution in [-0.4, -0.2) is 21.7 Å². The SMILES string of the molecule is c1nc(-c2n[nH]c3c2CNCC3)co1. The summed E-state index contributed by atoms with van der Waals surface area (Å²) >= 11 is 0. The first-order valence-corrected chi connectivity index (χ1v) is 4.60. The van der Waals surface area contributed by atoms with Gasteiger partial charge >= 0.3 is 0 Å². The summed E-state index contributed by atoms with van der Waals surface area (Å²) in [5.41, 5.74) is 4.12. The minimum absolute atomic E-state index is 0.797. The normalized spacial score (nSPS) is 15.4. The van der Waals surface area contributed by atoms with Gasteiger partial charge in [-0.05, 0) is 0 Å². The first kappa shape index (κ1) is 7.75. The molecule has 2 aromatic heterocycles. The molecule has 0 amide bonds. The number of hydrogen-bond acceptors (Lipinski definition) is 4. The fraction of sp³-hybridized carbons (Fsp3) is 0.333. The van der Waals surface area contributed by atoms with E-state index in [1.807, 2.05) is 0 Å². The topological polar surface area (TPSA) is 66.7 Å². The molecule has 72 valence electrons. The molecule has 3 heterocycles. The van der Waals surface area contributed by atoms with E-state index in [-0.39, 0.29) is 0 Å². The van der Waals surface area contributed by atoms with E-state index in [0.717, 1.165) is 30.9 Å². The van der Waals surface area contributed by atoms with Crippen LogP contribution in [0.25, 0.3) is 11.4 Å². The number of fused-ring (bicyclic) bond motifs is 1. The van der Waals surface area contributed by atoms with Crippen molar-refractivity contribution in [3.05, 3.63) is 23.9 Å². The number of oxazole rings is 1. The van der Waals surface area contributed by atoms with Crippen molar-refractivity contribution in [2.45, 2.75) is 13.0 Å². The smallest absolute Gasteiger partial charge is 0.181 e. The zero-order valence-electron chi connectivity index (χ0n) is 7.58. The minimum Gasteiger partial charge on any atom is -0.451 e. The van der Waals surface area contributed by atoms with E-state index < -0.39 is 0 Å². The molecule has 1 aliphatic heterocycles. The summed E-state index contributed by atoms with van der Waals surface area (Å²) in [4.78, 5) is 4.09. The van der Waals surface area contributed by atoms with Gasteiger partial charge in [0.15, 0.2) is 6.39 Å². The van der Waals surface area contributed by atoms with E-state index in [0.29, 0.717) is 0 Å². The summed E-state index contributed by atoms with van der Waals surface area (Å²) < 4.78 is 4.94. The highest BCUT2D eigenvalue weighted by atomic mass is 16.3. The highest BCUT2D eigenvalue weighted by Gasteiger charge is 2.18. The molecule has 0 atom stereocenters. The summed E-state index contributed by atoms with van der Waals surface area (Å²) in [6.45, 7) is 1.86. The van der Waals surface area contributed by atoms with Gasteiger partial charge in [0.2, 0.25) is 0 Å². The molecule has 0 aliphatic carbocycles. The Labute approximate surface area is 80.5 Å². The van der Waals surface area contributed by atoms with Crippen molar-refractivity contribution in [1.29, 1.82) is 0 Å². The van der Waals surface area contributed by atoms with Gasteiger partial charge in [0.05, 0.1) is 0 Å². The van der Waals surface area contributed by atoms with Crippen LogP contribution in [-0.2, 0) is 13.0 Å². The first-order valence-electron chi connectivity index (χ1n) is 4.60. The van der Waals surface area contributed by atoms with Gasteiger partial charge in [0.1, 0.15) is 17.7 Å². The van der Waals surface area contributed by atoms with Crippen LogP contribution in [0.5, 0.6) is 0 Å². The van der Waals surface area contributed by atoms with E-state index in [4.69, 9.17) is 4.42 Å². The maximum Gasteiger partial charge on any atom is 0.181 e. The van der Waals surface area contributed by atoms with E-state index in [1.165, 1.54) is 17.7 Å². The van der Waals surface area contributed by atoms with Crippen LogP contribution < -0.4 is 5.32 Å². The van der Waals surface area contributed by atoms with Gasteiger partial charge < -0.3 is 9.73 Å². The van der Waals surface area contributed by atoms with Crippen LogP contribution in [0, 0.1) is 0 Å². The van der Waals surface area contributed by atoms with Gasteiger partial charge in [-0.25, -0.2) is 4.98 Å². The standard InChI is InChI=1S/C9H10N4O/c1-2-10-3-6-7(1)12-13-9(6)8-4-14-5-11-8/h4-5,10H,1-3H2,(H,12,13). The molecule has 14 heavy (non-hydrogen) atoms. The lowest BCUT2D eigenvalue weighted by molar-refractivity contribution is 0.558. The van der Waals surface area contributed by atoms with Crippen molar-refractivity contribution in [3.8, 4) is 11.4 Å². The molecule has 0 spiro atoms. The fourth-order valence-electron chi connectivity index (χ4n) is 1.77. The molecule has 2 aromatic rings. The number of nitrogens with one attached hydrogen (secondary N) is 2. The number of nitrogens with zero attached hydrogens (tertiary/aromatic N) is 2. The van der Waals surface area contributed by atoms with Gasteiger partial charge in [-0.3, -0.25) is 5.10 Å². The van der Waals surface area contributed by atoms with Gasteiger partial charge in [-0.15, -0.1) is 0 Å². The largest absolute Gasteiger partial charge is 0.451 e. The maximum atomic E-state index is 4.94. The average molecular weight is 190 g/mol. The third kappa shape index (κ3) is 1.06. The lowest BCUT2D eigenvalue weighted by atomic mass is 10.1. The Morgan fingerprint density at radius 3 is 3.29 bits per heavy atom. The van der Waals surface area contributed by atoms with Crippen LogP contribution in [0.3, 0.4) is 0 Å². The molecule has 5 nitrogen and oxygen atoms in total. The highest BCUT2D eigenvalue weighted by molar-refractivity contribution is 5.58. The molecule has 0 radical (unpaired) electrons. The Balaban J connectivity index is 2.11. The highest BCUT2D eigenvalue weighted by Crippen LogP contribution is 2.23. The van der Waals surface area contributed by atoms with Crippen LogP contribution in [0.15, 0.2) is 17.1 Å². The zero-order valence-corrected chi connectivity index (χ0v) is 7.58. The van der Waals surface area contributed by atoms with Crippen molar-refractivity contribution in [1.82, 2.24) is 20.5 Å². The number of hydrogen-bond donors (Lipinski definition) is 2. The van der Waals surface area contributed by atoms with Crippen LogP contribution >= 0.6 is 0 Å². The number of aromatic nitrogens is 3. The minimum atomic E-state index is 0.797. The molecular formula is C9H10N4O. The predicted octanol–water partition coefficient (Wildman–Crippen LogP) is 0.710. The number of aromatic amines is 1. The van der Waals surface area contributed by atoms with E-state index in [1.54, 1.807) is 6.26 Å². The fourth-order valence-corrected chi connectivity index (χ4v) is 1.77. The molecule has 0 aromatic carbocycles. The van der Waals surface area contributed by atoms with Gasteiger partial charge in [-0.2, -0.15) is 5.10 Å². The molecule has 2 N–H and O–H groups in total. The summed E-state index contributed by atoms with van der Waals surface area (Å²) in [5.74, 6) is 0. The Kier molecular flexibility index (Phi) is 1.63. The van der Waals surface area contributed by atoms with E-state index >= 15 is 0 Å². The van der Waals surface area contributed by atoms with E-state index in [9.17, 15) is 0 Å². The molecule has 0 fully saturated rings. The van der Waals surface area contributed by atoms with Gasteiger partial charge in [-0.1, -0.05) is 0 Å². The quantitative estimate of drug-likeness (QED) is 0.695. The van der Waals surface area contributed by atoms with Crippen molar-refractivity contribution >= 4 is 0 Å². The second-order valence-electron chi connectivity index (χ2n) is 3.33. The summed E-state index contributed by atoms with van der Waals surface area (Å²) in [6, 6.07) is 0. The molecule has 0 saturated heterocycles. The number of H-pyrrole nitrogens is 1. The van der Waals surface area contributed by atoms with Crippen molar-refractivity contribution in [3.63, 3.8) is 0 Å². The van der Waals surface area contributed by atoms with Crippen LogP contribution in [0.1, 0.15) is 11.3 Å². The lowest BCUT2D eigenvalue weighted by Crippen LogP contribution is -2.23. The molecule has 3 rings (SSSR count). The van der Waals surface area contributed by atoms with Crippen molar-refractivity contribution < 1.29 is 4.42 Å². The zero-order chi connectivity index (χ0) is 9.38. The monoisotopic (exact) mass is 190 g/mol. The summed E-state index contributed by atoms with van der Waals surface area (Å²) in [7, 11) is 0. The van der Waals surface area contributed by atoms with E-state index in [2.05, 4.69) is 20.5 Å². The molecule has 1 aliphatic rings. The second kappa shape index (κ2) is 2.95. The third-order valence-corrected chi connectivity index (χ3v) is 2.48. The Hall–Kier alpha value is -1.62. The lowest BCUT2D eigenvalue weighted by Gasteiger charge is -2.11.